The van der Waals surface area contributed by atoms with Crippen molar-refractivity contribution in [1.29, 1.82) is 0 Å². The first-order valence-electron chi connectivity index (χ1n) is 8.04. The van der Waals surface area contributed by atoms with Gasteiger partial charge in [0.25, 0.3) is 5.91 Å². The maximum absolute atomic E-state index is 14.0. The molecule has 2 aliphatic heterocycles. The van der Waals surface area contributed by atoms with E-state index < -0.39 is 39.6 Å². The number of piperazine rings is 1. The van der Waals surface area contributed by atoms with Crippen LogP contribution in [0.15, 0.2) is 0 Å². The molecule has 0 saturated carbocycles. The fraction of sp³-hybridized carbons (Fsp3) is 0.562. The lowest BCUT2D eigenvalue weighted by atomic mass is 10.1. The number of hydrogen-bond acceptors (Lipinski definition) is 5. The van der Waals surface area contributed by atoms with E-state index in [0.29, 0.717) is 0 Å². The van der Waals surface area contributed by atoms with Gasteiger partial charge in [0.2, 0.25) is 5.88 Å². The van der Waals surface area contributed by atoms with E-state index in [2.05, 4.69) is 4.98 Å². The summed E-state index contributed by atoms with van der Waals surface area (Å²) in [6.07, 6.45) is -0.461. The van der Waals surface area contributed by atoms with Crippen LogP contribution in [0, 0.1) is 5.82 Å². The molecule has 3 rings (SSSR count). The number of rotatable bonds is 0. The van der Waals surface area contributed by atoms with Crippen LogP contribution in [0.2, 0.25) is 10.2 Å². The number of ether oxygens (including phenoxy) is 2. The normalized spacial score (nSPS) is 20.1. The Morgan fingerprint density at radius 2 is 2.04 bits per heavy atom. The molecule has 2 aliphatic rings. The van der Waals surface area contributed by atoms with Crippen molar-refractivity contribution in [3.63, 3.8) is 0 Å². The van der Waals surface area contributed by atoms with Gasteiger partial charge >= 0.3 is 6.09 Å². The van der Waals surface area contributed by atoms with Crippen LogP contribution in [0.4, 0.5) is 9.18 Å². The number of hydrogen-bond donors (Lipinski definition) is 0. The van der Waals surface area contributed by atoms with Crippen molar-refractivity contribution >= 4 is 35.2 Å². The largest absolute Gasteiger partial charge is 0.475 e. The van der Waals surface area contributed by atoms with Gasteiger partial charge in [0.15, 0.2) is 11.0 Å². The van der Waals surface area contributed by atoms with E-state index in [1.807, 2.05) is 0 Å². The van der Waals surface area contributed by atoms with E-state index in [1.54, 1.807) is 20.8 Å². The second-order valence-corrected chi connectivity index (χ2v) is 7.84. The van der Waals surface area contributed by atoms with Crippen LogP contribution in [0.1, 0.15) is 31.1 Å². The zero-order valence-corrected chi connectivity index (χ0v) is 16.0. The van der Waals surface area contributed by atoms with Crippen molar-refractivity contribution in [3.05, 3.63) is 21.6 Å². The summed E-state index contributed by atoms with van der Waals surface area (Å²) in [5.41, 5.74) is -0.770. The highest BCUT2D eigenvalue weighted by Crippen LogP contribution is 2.35. The molecule has 0 unspecified atom stereocenters. The minimum Gasteiger partial charge on any atom is -0.475 e. The standard InChI is InChI=1S/C16H18Cl2FN3O4/c1-16(2,3)26-15(24)21-4-5-22-8(6-21)7-25-13-9(14(22)23)10(17)11(19)12(18)20-13/h8H,4-7H2,1-3H3/t8-/m0/s1. The Bertz CT molecular complexity index is 769. The van der Waals surface area contributed by atoms with E-state index in [1.165, 1.54) is 9.80 Å². The molecule has 10 heteroatoms. The molecule has 0 bridgehead atoms. The first-order valence-corrected chi connectivity index (χ1v) is 8.80. The molecule has 3 heterocycles. The molecule has 1 fully saturated rings. The highest BCUT2D eigenvalue weighted by Gasteiger charge is 2.40. The third-order valence-corrected chi connectivity index (χ3v) is 4.63. The first-order chi connectivity index (χ1) is 12.1. The van der Waals surface area contributed by atoms with Gasteiger partial charge in [-0.1, -0.05) is 23.2 Å². The van der Waals surface area contributed by atoms with Crippen LogP contribution in [0.3, 0.4) is 0 Å². The van der Waals surface area contributed by atoms with Crippen molar-refractivity contribution < 1.29 is 23.5 Å². The second kappa shape index (κ2) is 6.74. The number of halogens is 3. The molecular weight excluding hydrogens is 388 g/mol. The summed E-state index contributed by atoms with van der Waals surface area (Å²) >= 11 is 11.6. The molecule has 0 aromatic carbocycles. The Morgan fingerprint density at radius 1 is 1.35 bits per heavy atom. The van der Waals surface area contributed by atoms with Crippen molar-refractivity contribution in [3.8, 4) is 5.88 Å². The van der Waals surface area contributed by atoms with Crippen molar-refractivity contribution in [1.82, 2.24) is 14.8 Å². The average molecular weight is 406 g/mol. The third kappa shape index (κ3) is 3.53. The molecule has 0 aliphatic carbocycles. The third-order valence-electron chi connectivity index (χ3n) is 4.03. The molecule has 7 nitrogen and oxygen atoms in total. The highest BCUT2D eigenvalue weighted by atomic mass is 35.5. The monoisotopic (exact) mass is 405 g/mol. The maximum atomic E-state index is 14.0. The van der Waals surface area contributed by atoms with Crippen LogP contribution in [-0.2, 0) is 4.74 Å². The van der Waals surface area contributed by atoms with Gasteiger partial charge in [0.05, 0.1) is 11.1 Å². The van der Waals surface area contributed by atoms with Gasteiger partial charge in [-0.25, -0.2) is 9.18 Å². The predicted molar refractivity (Wildman–Crippen MR) is 92.3 cm³/mol. The van der Waals surface area contributed by atoms with Crippen molar-refractivity contribution in [2.24, 2.45) is 0 Å². The Hall–Kier alpha value is -1.80. The van der Waals surface area contributed by atoms with Crippen LogP contribution in [0.5, 0.6) is 5.88 Å². The average Bonchev–Trinajstić information content (AvgIpc) is 2.68. The van der Waals surface area contributed by atoms with Gasteiger partial charge < -0.3 is 19.3 Å². The van der Waals surface area contributed by atoms with Crippen LogP contribution in [0.25, 0.3) is 0 Å². The zero-order chi connectivity index (χ0) is 19.2. The van der Waals surface area contributed by atoms with E-state index in [4.69, 9.17) is 32.7 Å². The molecule has 0 spiro atoms. The SMILES string of the molecule is CC(C)(C)OC(=O)N1CCN2C(=O)c3c(nc(Cl)c(F)c3Cl)OC[C@@H]2C1. The molecule has 2 amide bonds. The molecule has 0 radical (unpaired) electrons. The van der Waals surface area contributed by atoms with Gasteiger partial charge in [0.1, 0.15) is 17.8 Å². The number of carbonyl (C=O) groups is 2. The summed E-state index contributed by atoms with van der Waals surface area (Å²) in [6.45, 7) is 6.16. The molecule has 1 saturated heterocycles. The van der Waals surface area contributed by atoms with Crippen molar-refractivity contribution in [2.75, 3.05) is 26.2 Å². The smallest absolute Gasteiger partial charge is 0.410 e. The molecule has 142 valence electrons. The molecular formula is C16H18Cl2FN3O4. The van der Waals surface area contributed by atoms with Crippen LogP contribution < -0.4 is 4.74 Å². The Kier molecular flexibility index (Phi) is 4.92. The zero-order valence-electron chi connectivity index (χ0n) is 14.5. The minimum atomic E-state index is -0.963. The molecule has 1 aromatic heterocycles. The lowest BCUT2D eigenvalue weighted by Crippen LogP contribution is -2.58. The fourth-order valence-corrected chi connectivity index (χ4v) is 3.33. The first kappa shape index (κ1) is 19.0. The van der Waals surface area contributed by atoms with E-state index in [9.17, 15) is 14.0 Å². The van der Waals surface area contributed by atoms with Gasteiger partial charge in [-0.05, 0) is 20.8 Å². The van der Waals surface area contributed by atoms with Gasteiger partial charge in [0, 0.05) is 19.6 Å². The van der Waals surface area contributed by atoms with Gasteiger partial charge in [-0.15, -0.1) is 0 Å². The van der Waals surface area contributed by atoms with Gasteiger partial charge in [-0.2, -0.15) is 4.98 Å². The molecule has 1 atom stereocenters. The molecule has 1 aromatic rings. The minimum absolute atomic E-state index is 0.0727. The summed E-state index contributed by atoms with van der Waals surface area (Å²) in [6, 6.07) is -0.434. The summed E-state index contributed by atoms with van der Waals surface area (Å²) in [4.78, 5) is 31.9. The van der Waals surface area contributed by atoms with Crippen LogP contribution >= 0.6 is 23.2 Å². The molecule has 0 N–H and O–H groups in total. The second-order valence-electron chi connectivity index (χ2n) is 7.10. The number of amides is 2. The van der Waals surface area contributed by atoms with Crippen molar-refractivity contribution in [2.45, 2.75) is 32.4 Å². The topological polar surface area (TPSA) is 72.0 Å². The van der Waals surface area contributed by atoms with E-state index >= 15 is 0 Å². The summed E-state index contributed by atoms with van der Waals surface area (Å²) in [5.74, 6) is -1.57. The number of aromatic nitrogens is 1. The number of fused-ring (bicyclic) bond motifs is 2. The van der Waals surface area contributed by atoms with E-state index in [0.717, 1.165) is 0 Å². The lowest BCUT2D eigenvalue weighted by molar-refractivity contribution is 0.000855. The molecule has 26 heavy (non-hydrogen) atoms. The number of pyridine rings is 1. The Morgan fingerprint density at radius 3 is 2.69 bits per heavy atom. The summed E-state index contributed by atoms with van der Waals surface area (Å²) in [7, 11) is 0. The number of nitrogens with zero attached hydrogens (tertiary/aromatic N) is 3. The lowest BCUT2D eigenvalue weighted by Gasteiger charge is -2.40. The highest BCUT2D eigenvalue weighted by molar-refractivity contribution is 6.36. The quantitative estimate of drug-likeness (QED) is 0.620. The predicted octanol–water partition coefficient (Wildman–Crippen LogP) is 2.98. The fourth-order valence-electron chi connectivity index (χ4n) is 2.85. The summed E-state index contributed by atoms with van der Waals surface area (Å²) in [5, 5.41) is -0.878. The van der Waals surface area contributed by atoms with Crippen LogP contribution in [-0.4, -0.2) is 64.7 Å². The Labute approximate surface area is 159 Å². The Balaban J connectivity index is 1.83. The van der Waals surface area contributed by atoms with E-state index in [-0.39, 0.29) is 37.7 Å². The number of carbonyl (C=O) groups excluding carboxylic acids is 2. The van der Waals surface area contributed by atoms with Gasteiger partial charge in [-0.3, -0.25) is 4.79 Å². The summed E-state index contributed by atoms with van der Waals surface area (Å²) < 4.78 is 24.9. The maximum Gasteiger partial charge on any atom is 0.410 e.